The van der Waals surface area contributed by atoms with E-state index in [2.05, 4.69) is 12.5 Å². The first-order chi connectivity index (χ1) is 6.38. The molecule has 2 nitrogen and oxygen atoms in total. The first kappa shape index (κ1) is 9.63. The molecule has 0 bridgehead atoms. The molecule has 1 aromatic rings. The zero-order chi connectivity index (χ0) is 9.52. The molecule has 2 heteroatoms. The van der Waals surface area contributed by atoms with E-state index in [4.69, 9.17) is 15.6 Å². The summed E-state index contributed by atoms with van der Waals surface area (Å²) in [5.74, 6) is 3.21. The minimum Gasteiger partial charge on any atom is -0.467 e. The lowest BCUT2D eigenvalue weighted by atomic mass is 10.2. The van der Waals surface area contributed by atoms with Gasteiger partial charge in [-0.05, 0) is 18.6 Å². The molecule has 0 unspecified atom stereocenters. The van der Waals surface area contributed by atoms with Crippen LogP contribution in [0.3, 0.4) is 0 Å². The van der Waals surface area contributed by atoms with Crippen molar-refractivity contribution in [3.8, 4) is 12.3 Å². The highest BCUT2D eigenvalue weighted by molar-refractivity contribution is 5.04. The maximum absolute atomic E-state index is 5.37. The second-order valence-electron chi connectivity index (χ2n) is 2.54. The molecule has 1 rings (SSSR count). The van der Waals surface area contributed by atoms with Crippen LogP contribution in [-0.2, 0) is 4.74 Å². The van der Waals surface area contributed by atoms with Gasteiger partial charge in [-0.1, -0.05) is 12.0 Å². The molecule has 0 radical (unpaired) electrons. The summed E-state index contributed by atoms with van der Waals surface area (Å²) in [6.07, 6.45) is 9.09. The Hall–Kier alpha value is -1.46. The second-order valence-corrected chi connectivity index (χ2v) is 2.54. The van der Waals surface area contributed by atoms with Crippen LogP contribution in [0.4, 0.5) is 0 Å². The van der Waals surface area contributed by atoms with E-state index >= 15 is 0 Å². The zero-order valence-corrected chi connectivity index (χ0v) is 7.40. The molecule has 0 fully saturated rings. The molecule has 0 aliphatic rings. The fourth-order valence-electron chi connectivity index (χ4n) is 1.04. The Morgan fingerprint density at radius 1 is 1.77 bits per heavy atom. The molecule has 68 valence electrons. The largest absolute Gasteiger partial charge is 0.467 e. The lowest BCUT2D eigenvalue weighted by Crippen LogP contribution is -2.02. The number of furan rings is 1. The van der Waals surface area contributed by atoms with Crippen molar-refractivity contribution in [3.05, 3.63) is 36.8 Å². The van der Waals surface area contributed by atoms with Gasteiger partial charge in [0.25, 0.3) is 0 Å². The van der Waals surface area contributed by atoms with Gasteiger partial charge in [0.2, 0.25) is 0 Å². The Kier molecular flexibility index (Phi) is 3.87. The van der Waals surface area contributed by atoms with Crippen molar-refractivity contribution in [1.82, 2.24) is 0 Å². The summed E-state index contributed by atoms with van der Waals surface area (Å²) in [7, 11) is 0. The lowest BCUT2D eigenvalue weighted by Gasteiger charge is -2.11. The van der Waals surface area contributed by atoms with Gasteiger partial charge in [-0.25, -0.2) is 0 Å². The van der Waals surface area contributed by atoms with Crippen LogP contribution in [0.25, 0.3) is 0 Å². The Bertz CT molecular complexity index is 280. The van der Waals surface area contributed by atoms with Crippen LogP contribution in [0.5, 0.6) is 0 Å². The van der Waals surface area contributed by atoms with E-state index in [-0.39, 0.29) is 6.10 Å². The quantitative estimate of drug-likeness (QED) is 0.508. The molecule has 1 atom stereocenters. The molecule has 1 aromatic heterocycles. The average Bonchev–Trinajstić information content (AvgIpc) is 2.65. The highest BCUT2D eigenvalue weighted by atomic mass is 16.5. The molecule has 0 amide bonds. The van der Waals surface area contributed by atoms with Crippen molar-refractivity contribution in [2.75, 3.05) is 6.61 Å². The Morgan fingerprint density at radius 2 is 2.62 bits per heavy atom. The molecule has 13 heavy (non-hydrogen) atoms. The van der Waals surface area contributed by atoms with E-state index in [1.165, 1.54) is 0 Å². The summed E-state index contributed by atoms with van der Waals surface area (Å²) in [5, 5.41) is 0. The van der Waals surface area contributed by atoms with E-state index in [1.807, 2.05) is 12.1 Å². The molecule has 0 N–H and O–H groups in total. The Balaban J connectivity index is 2.58. The summed E-state index contributed by atoms with van der Waals surface area (Å²) in [6, 6.07) is 3.69. The van der Waals surface area contributed by atoms with Crippen molar-refractivity contribution < 1.29 is 9.15 Å². The van der Waals surface area contributed by atoms with Crippen LogP contribution >= 0.6 is 0 Å². The number of ether oxygens (including phenoxy) is 1. The molecular formula is C11H12O2. The molecule has 1 heterocycles. The maximum Gasteiger partial charge on any atom is 0.132 e. The summed E-state index contributed by atoms with van der Waals surface area (Å²) < 4.78 is 10.6. The Morgan fingerprint density at radius 3 is 3.15 bits per heavy atom. The first-order valence-corrected chi connectivity index (χ1v) is 4.08. The van der Waals surface area contributed by atoms with E-state index in [1.54, 1.807) is 12.3 Å². The topological polar surface area (TPSA) is 22.4 Å². The third-order valence-corrected chi connectivity index (χ3v) is 1.61. The summed E-state index contributed by atoms with van der Waals surface area (Å²) >= 11 is 0. The van der Waals surface area contributed by atoms with Gasteiger partial charge in [0, 0.05) is 0 Å². The van der Waals surface area contributed by atoms with Crippen LogP contribution in [0.1, 0.15) is 18.3 Å². The minimum absolute atomic E-state index is 0.108. The minimum atomic E-state index is -0.108. The molecule has 0 aliphatic heterocycles. The van der Waals surface area contributed by atoms with Crippen molar-refractivity contribution in [3.63, 3.8) is 0 Å². The summed E-state index contributed by atoms with van der Waals surface area (Å²) in [6.45, 7) is 3.94. The second kappa shape index (κ2) is 5.23. The third kappa shape index (κ3) is 2.81. The highest BCUT2D eigenvalue weighted by Gasteiger charge is 2.11. The van der Waals surface area contributed by atoms with Gasteiger partial charge in [-0.3, -0.25) is 0 Å². The summed E-state index contributed by atoms with van der Waals surface area (Å²) in [5.41, 5.74) is 0. The van der Waals surface area contributed by atoms with Gasteiger partial charge in [0.15, 0.2) is 0 Å². The van der Waals surface area contributed by atoms with Gasteiger partial charge in [0.05, 0.1) is 6.26 Å². The standard InChI is InChI=1S/C11H12O2/c1-3-6-10(12-8-4-2)11-7-5-9-13-11/h2-3,5,7,9-10H,1,6,8H2/t10-/m1/s1. The predicted octanol–water partition coefficient (Wildman–Crippen LogP) is 2.55. The molecule has 0 aliphatic carbocycles. The predicted molar refractivity (Wildman–Crippen MR) is 51.0 cm³/mol. The van der Waals surface area contributed by atoms with Crippen LogP contribution in [0, 0.1) is 12.3 Å². The van der Waals surface area contributed by atoms with Crippen LogP contribution in [0.2, 0.25) is 0 Å². The lowest BCUT2D eigenvalue weighted by molar-refractivity contribution is 0.0632. The van der Waals surface area contributed by atoms with E-state index in [9.17, 15) is 0 Å². The van der Waals surface area contributed by atoms with E-state index < -0.39 is 0 Å². The average molecular weight is 176 g/mol. The van der Waals surface area contributed by atoms with Gasteiger partial charge >= 0.3 is 0 Å². The number of terminal acetylenes is 1. The molecule has 0 saturated carbocycles. The summed E-state index contributed by atoms with van der Waals surface area (Å²) in [4.78, 5) is 0. The molecular weight excluding hydrogens is 164 g/mol. The zero-order valence-electron chi connectivity index (χ0n) is 7.40. The van der Waals surface area contributed by atoms with Crippen molar-refractivity contribution >= 4 is 0 Å². The van der Waals surface area contributed by atoms with Crippen LogP contribution in [0.15, 0.2) is 35.5 Å². The molecule has 0 aromatic carbocycles. The Labute approximate surface area is 78.2 Å². The number of hydrogen-bond donors (Lipinski definition) is 0. The third-order valence-electron chi connectivity index (χ3n) is 1.61. The molecule has 0 saturated heterocycles. The number of hydrogen-bond acceptors (Lipinski definition) is 2. The highest BCUT2D eigenvalue weighted by Crippen LogP contribution is 2.21. The normalized spacial score (nSPS) is 11.9. The van der Waals surface area contributed by atoms with Crippen molar-refractivity contribution in [1.29, 1.82) is 0 Å². The smallest absolute Gasteiger partial charge is 0.132 e. The van der Waals surface area contributed by atoms with Crippen LogP contribution in [-0.4, -0.2) is 6.61 Å². The van der Waals surface area contributed by atoms with Crippen LogP contribution < -0.4 is 0 Å². The molecule has 0 spiro atoms. The first-order valence-electron chi connectivity index (χ1n) is 4.08. The SMILES string of the molecule is C#CCO[C@H](CC=C)c1ccco1. The van der Waals surface area contributed by atoms with Gasteiger partial charge in [-0.15, -0.1) is 13.0 Å². The fraction of sp³-hybridized carbons (Fsp3) is 0.273. The number of rotatable bonds is 5. The van der Waals surface area contributed by atoms with Gasteiger partial charge in [-0.2, -0.15) is 0 Å². The van der Waals surface area contributed by atoms with E-state index in [0.29, 0.717) is 13.0 Å². The van der Waals surface area contributed by atoms with Crippen molar-refractivity contribution in [2.45, 2.75) is 12.5 Å². The van der Waals surface area contributed by atoms with Gasteiger partial charge < -0.3 is 9.15 Å². The maximum atomic E-state index is 5.37. The van der Waals surface area contributed by atoms with Crippen molar-refractivity contribution in [2.24, 2.45) is 0 Å². The fourth-order valence-corrected chi connectivity index (χ4v) is 1.04. The van der Waals surface area contributed by atoms with E-state index in [0.717, 1.165) is 5.76 Å². The monoisotopic (exact) mass is 176 g/mol. The van der Waals surface area contributed by atoms with Gasteiger partial charge in [0.1, 0.15) is 18.5 Å².